The summed E-state index contributed by atoms with van der Waals surface area (Å²) < 4.78 is 28.0. The van der Waals surface area contributed by atoms with E-state index in [1.165, 1.54) is 18.2 Å². The van der Waals surface area contributed by atoms with Gasteiger partial charge in [-0.15, -0.1) is 0 Å². The fourth-order valence-corrected chi connectivity index (χ4v) is 2.36. The van der Waals surface area contributed by atoms with E-state index in [0.29, 0.717) is 6.42 Å². The lowest BCUT2D eigenvalue weighted by Gasteiger charge is -2.30. The summed E-state index contributed by atoms with van der Waals surface area (Å²) in [5.41, 5.74) is 5.58. The highest BCUT2D eigenvalue weighted by Gasteiger charge is 2.32. The van der Waals surface area contributed by atoms with Crippen LogP contribution in [0.15, 0.2) is 42.5 Å². The van der Waals surface area contributed by atoms with Gasteiger partial charge in [0, 0.05) is 16.1 Å². The molecular weight excluding hydrogens is 268 g/mol. The van der Waals surface area contributed by atoms with Gasteiger partial charge in [0.15, 0.2) is 0 Å². The van der Waals surface area contributed by atoms with Crippen molar-refractivity contribution in [2.75, 3.05) is 0 Å². The van der Waals surface area contributed by atoms with Crippen LogP contribution in [0.25, 0.3) is 0 Å². The normalized spacial score (nSPS) is 14.2. The van der Waals surface area contributed by atoms with Crippen LogP contribution in [0.4, 0.5) is 8.78 Å². The van der Waals surface area contributed by atoms with Gasteiger partial charge in [0.2, 0.25) is 0 Å². The van der Waals surface area contributed by atoms with Crippen LogP contribution in [0.3, 0.4) is 0 Å². The van der Waals surface area contributed by atoms with E-state index in [4.69, 9.17) is 17.3 Å². The summed E-state index contributed by atoms with van der Waals surface area (Å²) in [7, 11) is 0. The highest BCUT2D eigenvalue weighted by atomic mass is 35.5. The average Bonchev–Trinajstić information content (AvgIpc) is 2.38. The van der Waals surface area contributed by atoms with Crippen molar-refractivity contribution in [3.8, 4) is 0 Å². The van der Waals surface area contributed by atoms with Crippen LogP contribution in [0, 0.1) is 11.6 Å². The Labute approximate surface area is 116 Å². The van der Waals surface area contributed by atoms with Gasteiger partial charge in [-0.05, 0) is 24.6 Å². The first-order chi connectivity index (χ1) is 8.99. The Morgan fingerprint density at radius 3 is 2.26 bits per heavy atom. The molecule has 0 aliphatic carbocycles. The molecular formula is C15H14ClF2N. The second kappa shape index (κ2) is 5.27. The second-order valence-corrected chi connectivity index (χ2v) is 4.87. The molecule has 2 rings (SSSR count). The van der Waals surface area contributed by atoms with Crippen molar-refractivity contribution < 1.29 is 8.78 Å². The van der Waals surface area contributed by atoms with E-state index in [9.17, 15) is 8.78 Å². The number of halogens is 3. The highest BCUT2D eigenvalue weighted by Crippen LogP contribution is 2.34. The fourth-order valence-electron chi connectivity index (χ4n) is 2.20. The summed E-state index contributed by atoms with van der Waals surface area (Å²) in [6, 6.07) is 10.4. The maximum absolute atomic E-state index is 14.1. The Bertz CT molecular complexity index is 600. The largest absolute Gasteiger partial charge is 0.318 e. The molecule has 2 aromatic carbocycles. The molecule has 2 aromatic rings. The van der Waals surface area contributed by atoms with Gasteiger partial charge in [-0.3, -0.25) is 0 Å². The van der Waals surface area contributed by atoms with Crippen molar-refractivity contribution in [3.05, 3.63) is 70.2 Å². The first-order valence-corrected chi connectivity index (χ1v) is 6.36. The third kappa shape index (κ3) is 2.48. The monoisotopic (exact) mass is 281 g/mol. The van der Waals surface area contributed by atoms with Gasteiger partial charge in [0.1, 0.15) is 11.6 Å². The van der Waals surface area contributed by atoms with E-state index in [-0.39, 0.29) is 16.1 Å². The lowest BCUT2D eigenvalue weighted by molar-refractivity contribution is 0.454. The molecule has 4 heteroatoms. The molecule has 2 N–H and O–H groups in total. The molecule has 0 aliphatic heterocycles. The van der Waals surface area contributed by atoms with E-state index >= 15 is 0 Å². The van der Waals surface area contributed by atoms with Crippen molar-refractivity contribution in [1.82, 2.24) is 0 Å². The first kappa shape index (κ1) is 14.0. The molecule has 0 fully saturated rings. The summed E-state index contributed by atoms with van der Waals surface area (Å²) in [5, 5.41) is 0.285. The van der Waals surface area contributed by atoms with Gasteiger partial charge in [-0.25, -0.2) is 8.78 Å². The summed E-state index contributed by atoms with van der Waals surface area (Å²) in [6.45, 7) is 1.79. The Hall–Kier alpha value is -1.45. The average molecular weight is 282 g/mol. The number of rotatable bonds is 3. The lowest BCUT2D eigenvalue weighted by atomic mass is 9.81. The molecule has 0 radical (unpaired) electrons. The van der Waals surface area contributed by atoms with Gasteiger partial charge in [-0.1, -0.05) is 42.8 Å². The lowest BCUT2D eigenvalue weighted by Crippen LogP contribution is -2.39. The maximum atomic E-state index is 14.1. The molecule has 0 aromatic heterocycles. The second-order valence-electron chi connectivity index (χ2n) is 4.43. The molecule has 0 heterocycles. The molecule has 0 saturated heterocycles. The van der Waals surface area contributed by atoms with Gasteiger partial charge >= 0.3 is 0 Å². The van der Waals surface area contributed by atoms with Crippen LogP contribution in [-0.4, -0.2) is 0 Å². The zero-order valence-electron chi connectivity index (χ0n) is 10.5. The van der Waals surface area contributed by atoms with Crippen LogP contribution in [0.1, 0.15) is 24.5 Å². The number of benzene rings is 2. The molecule has 1 nitrogen and oxygen atoms in total. The van der Waals surface area contributed by atoms with Crippen molar-refractivity contribution in [2.24, 2.45) is 5.73 Å². The fraction of sp³-hybridized carbons (Fsp3) is 0.200. The Morgan fingerprint density at radius 1 is 1.05 bits per heavy atom. The molecule has 0 aliphatic rings. The minimum atomic E-state index is -1.21. The Morgan fingerprint density at radius 2 is 1.68 bits per heavy atom. The van der Waals surface area contributed by atoms with E-state index in [2.05, 4.69) is 0 Å². The molecule has 0 bridgehead atoms. The number of hydrogen-bond acceptors (Lipinski definition) is 1. The smallest absolute Gasteiger partial charge is 0.130 e. The quantitative estimate of drug-likeness (QED) is 0.895. The van der Waals surface area contributed by atoms with Gasteiger partial charge in [0.25, 0.3) is 0 Å². The van der Waals surface area contributed by atoms with Gasteiger partial charge < -0.3 is 5.73 Å². The van der Waals surface area contributed by atoms with Crippen molar-refractivity contribution in [3.63, 3.8) is 0 Å². The van der Waals surface area contributed by atoms with Crippen LogP contribution in [0.5, 0.6) is 0 Å². The molecule has 100 valence electrons. The van der Waals surface area contributed by atoms with Gasteiger partial charge in [-0.2, -0.15) is 0 Å². The zero-order valence-corrected chi connectivity index (χ0v) is 11.2. The predicted octanol–water partition coefficient (Wildman–Crippen LogP) is 4.23. The summed E-state index contributed by atoms with van der Waals surface area (Å²) >= 11 is 5.73. The summed E-state index contributed by atoms with van der Waals surface area (Å²) in [5.74, 6) is -0.971. The molecule has 0 saturated carbocycles. The zero-order chi connectivity index (χ0) is 14.0. The van der Waals surface area contributed by atoms with Crippen LogP contribution in [0.2, 0.25) is 5.02 Å². The Balaban J connectivity index is 2.63. The third-order valence-electron chi connectivity index (χ3n) is 3.32. The van der Waals surface area contributed by atoms with E-state index < -0.39 is 17.2 Å². The van der Waals surface area contributed by atoms with Crippen molar-refractivity contribution in [1.29, 1.82) is 0 Å². The number of nitrogens with two attached hydrogens (primary N) is 1. The SMILES string of the molecule is CCC(N)(c1ccccc1F)c1ccc(Cl)cc1F. The molecule has 0 spiro atoms. The predicted molar refractivity (Wildman–Crippen MR) is 73.1 cm³/mol. The topological polar surface area (TPSA) is 26.0 Å². The molecule has 19 heavy (non-hydrogen) atoms. The summed E-state index contributed by atoms with van der Waals surface area (Å²) in [4.78, 5) is 0. The van der Waals surface area contributed by atoms with Crippen LogP contribution >= 0.6 is 11.6 Å². The molecule has 0 amide bonds. The third-order valence-corrected chi connectivity index (χ3v) is 3.56. The Kier molecular flexibility index (Phi) is 3.88. The van der Waals surface area contributed by atoms with Crippen LogP contribution < -0.4 is 5.73 Å². The van der Waals surface area contributed by atoms with E-state index in [1.807, 2.05) is 0 Å². The van der Waals surface area contributed by atoms with Gasteiger partial charge in [0.05, 0.1) is 5.54 Å². The molecule has 1 unspecified atom stereocenters. The first-order valence-electron chi connectivity index (χ1n) is 5.98. The molecule has 1 atom stereocenters. The summed E-state index contributed by atoms with van der Waals surface area (Å²) in [6.07, 6.45) is 0.368. The van der Waals surface area contributed by atoms with E-state index in [0.717, 1.165) is 0 Å². The maximum Gasteiger partial charge on any atom is 0.130 e. The van der Waals surface area contributed by atoms with Crippen molar-refractivity contribution >= 4 is 11.6 Å². The minimum Gasteiger partial charge on any atom is -0.318 e. The highest BCUT2D eigenvalue weighted by molar-refractivity contribution is 6.30. The minimum absolute atomic E-state index is 0.240. The standard InChI is InChI=1S/C15H14ClF2N/c1-2-15(19,11-5-3-4-6-13(11)17)12-8-7-10(16)9-14(12)18/h3-9H,2,19H2,1H3. The number of hydrogen-bond donors (Lipinski definition) is 1. The van der Waals surface area contributed by atoms with E-state index in [1.54, 1.807) is 31.2 Å². The van der Waals surface area contributed by atoms with Crippen LogP contribution in [-0.2, 0) is 5.54 Å². The van der Waals surface area contributed by atoms with Crippen molar-refractivity contribution in [2.45, 2.75) is 18.9 Å².